The average molecular weight is 254 g/mol. The van der Waals surface area contributed by atoms with Crippen molar-refractivity contribution in [2.45, 2.75) is 6.92 Å². The van der Waals surface area contributed by atoms with Crippen LogP contribution in [0.5, 0.6) is 0 Å². The van der Waals surface area contributed by atoms with Crippen LogP contribution < -0.4 is 0 Å². The smallest absolute Gasteiger partial charge is 0.248 e. The Kier molecular flexibility index (Phi) is 2.48. The first-order valence-electron chi connectivity index (χ1n) is 6.04. The summed E-state index contributed by atoms with van der Waals surface area (Å²) in [6, 6.07) is 7.97. The second kappa shape index (κ2) is 4.05. The summed E-state index contributed by atoms with van der Waals surface area (Å²) in [7, 11) is 3.64. The van der Waals surface area contributed by atoms with Crippen LogP contribution in [0.3, 0.4) is 0 Å². The summed E-state index contributed by atoms with van der Waals surface area (Å²) in [5.41, 5.74) is 2.65. The van der Waals surface area contributed by atoms with E-state index < -0.39 is 0 Å². The lowest BCUT2D eigenvalue weighted by Gasteiger charge is -2.01. The van der Waals surface area contributed by atoms with E-state index in [1.165, 1.54) is 11.0 Å². The summed E-state index contributed by atoms with van der Waals surface area (Å²) in [6.07, 6.45) is 1.53. The lowest BCUT2D eigenvalue weighted by molar-refractivity contribution is 0.102. The lowest BCUT2D eigenvalue weighted by atomic mass is 10.1. The number of benzene rings is 1. The monoisotopic (exact) mass is 254 g/mol. The molecule has 0 aliphatic heterocycles. The molecule has 3 rings (SSSR count). The zero-order valence-electron chi connectivity index (χ0n) is 11.1. The molecule has 0 spiro atoms. The van der Waals surface area contributed by atoms with Crippen LogP contribution in [0.15, 0.2) is 30.6 Å². The molecule has 0 saturated heterocycles. The van der Waals surface area contributed by atoms with Gasteiger partial charge in [0.15, 0.2) is 0 Å². The molecule has 0 bridgehead atoms. The molecule has 0 radical (unpaired) electrons. The van der Waals surface area contributed by atoms with Crippen molar-refractivity contribution in [3.63, 3.8) is 0 Å². The number of fused-ring (bicyclic) bond motifs is 1. The van der Waals surface area contributed by atoms with E-state index in [4.69, 9.17) is 0 Å². The Bertz CT molecular complexity index is 743. The number of hydrogen-bond donors (Lipinski definition) is 0. The fourth-order valence-electron chi connectivity index (χ4n) is 2.45. The third-order valence-electron chi connectivity index (χ3n) is 3.38. The van der Waals surface area contributed by atoms with Gasteiger partial charge in [-0.2, -0.15) is 0 Å². The van der Waals surface area contributed by atoms with E-state index in [-0.39, 0.29) is 11.6 Å². The van der Waals surface area contributed by atoms with Gasteiger partial charge in [0.05, 0.1) is 5.69 Å². The van der Waals surface area contributed by atoms with Gasteiger partial charge in [0.25, 0.3) is 0 Å². The topological polar surface area (TPSA) is 52.7 Å². The quantitative estimate of drug-likeness (QED) is 0.656. The molecule has 5 heteroatoms. The highest BCUT2D eigenvalue weighted by Gasteiger charge is 2.22. The minimum atomic E-state index is -0.142. The van der Waals surface area contributed by atoms with Crippen molar-refractivity contribution in [1.82, 2.24) is 19.3 Å². The maximum atomic E-state index is 12.5. The minimum absolute atomic E-state index is 0.142. The summed E-state index contributed by atoms with van der Waals surface area (Å²) >= 11 is 0. The third kappa shape index (κ3) is 1.66. The van der Waals surface area contributed by atoms with Crippen LogP contribution in [0.25, 0.3) is 10.9 Å². The first-order valence-corrected chi connectivity index (χ1v) is 6.04. The number of carbonyl (C=O) groups is 1. The predicted molar refractivity (Wildman–Crippen MR) is 72.1 cm³/mol. The van der Waals surface area contributed by atoms with Crippen LogP contribution in [-0.2, 0) is 14.1 Å². The molecule has 0 amide bonds. The molecule has 2 aromatic heterocycles. The molecule has 0 N–H and O–H groups in total. The van der Waals surface area contributed by atoms with Crippen molar-refractivity contribution in [3.8, 4) is 0 Å². The number of para-hydroxylation sites is 1. The van der Waals surface area contributed by atoms with Crippen LogP contribution >= 0.6 is 0 Å². The van der Waals surface area contributed by atoms with Gasteiger partial charge in [-0.15, -0.1) is 5.10 Å². The molecular weight excluding hydrogens is 240 g/mol. The van der Waals surface area contributed by atoms with Gasteiger partial charge < -0.3 is 4.57 Å². The zero-order valence-corrected chi connectivity index (χ0v) is 11.1. The second-order valence-electron chi connectivity index (χ2n) is 4.62. The van der Waals surface area contributed by atoms with Crippen molar-refractivity contribution in [1.29, 1.82) is 0 Å². The van der Waals surface area contributed by atoms with Crippen LogP contribution in [0, 0.1) is 6.92 Å². The molecule has 19 heavy (non-hydrogen) atoms. The Balaban J connectivity index is 2.23. The summed E-state index contributed by atoms with van der Waals surface area (Å²) in [6.45, 7) is 1.96. The largest absolute Gasteiger partial charge is 0.341 e. The Morgan fingerprint density at radius 3 is 2.58 bits per heavy atom. The van der Waals surface area contributed by atoms with Gasteiger partial charge >= 0.3 is 0 Å². The third-order valence-corrected chi connectivity index (χ3v) is 3.38. The lowest BCUT2D eigenvalue weighted by Crippen LogP contribution is -2.11. The second-order valence-corrected chi connectivity index (χ2v) is 4.62. The molecule has 2 heterocycles. The number of nitrogens with zero attached hydrogens (tertiary/aromatic N) is 4. The number of ketones is 1. The SMILES string of the molecule is Cc1c(C(=O)c2ncn(C)n2)n(C)c2ccccc12. The Morgan fingerprint density at radius 1 is 1.21 bits per heavy atom. The first kappa shape index (κ1) is 11.6. The Hall–Kier alpha value is -2.43. The van der Waals surface area contributed by atoms with Crippen LogP contribution in [0.4, 0.5) is 0 Å². The van der Waals surface area contributed by atoms with Gasteiger partial charge in [-0.05, 0) is 18.6 Å². The zero-order chi connectivity index (χ0) is 13.6. The van der Waals surface area contributed by atoms with Gasteiger partial charge in [-0.25, -0.2) is 4.98 Å². The predicted octanol–water partition coefficient (Wildman–Crippen LogP) is 1.85. The number of rotatable bonds is 2. The van der Waals surface area contributed by atoms with Gasteiger partial charge in [0.2, 0.25) is 11.6 Å². The van der Waals surface area contributed by atoms with Crippen LogP contribution in [-0.4, -0.2) is 25.1 Å². The average Bonchev–Trinajstić information content (AvgIpc) is 2.94. The van der Waals surface area contributed by atoms with Crippen molar-refractivity contribution in [3.05, 3.63) is 47.7 Å². The molecule has 0 saturated carbocycles. The molecule has 0 atom stereocenters. The first-order chi connectivity index (χ1) is 9.09. The number of aryl methyl sites for hydroxylation is 3. The van der Waals surface area contributed by atoms with Crippen LogP contribution in [0.1, 0.15) is 21.9 Å². The Morgan fingerprint density at radius 2 is 1.95 bits per heavy atom. The molecule has 0 unspecified atom stereocenters. The normalized spacial score (nSPS) is 11.1. The standard InChI is InChI=1S/C14H14N4O/c1-9-10-6-4-5-7-11(10)18(3)12(9)13(19)14-15-8-17(2)16-14/h4-8H,1-3H3. The fraction of sp³-hybridized carbons (Fsp3) is 0.214. The molecule has 96 valence electrons. The van der Waals surface area contributed by atoms with Gasteiger partial charge in [-0.1, -0.05) is 18.2 Å². The highest BCUT2D eigenvalue weighted by atomic mass is 16.1. The highest BCUT2D eigenvalue weighted by Crippen LogP contribution is 2.25. The van der Waals surface area contributed by atoms with Crippen molar-refractivity contribution >= 4 is 16.7 Å². The van der Waals surface area contributed by atoms with E-state index in [1.807, 2.05) is 42.8 Å². The maximum absolute atomic E-state index is 12.5. The fourth-order valence-corrected chi connectivity index (χ4v) is 2.45. The highest BCUT2D eigenvalue weighted by molar-refractivity contribution is 6.10. The minimum Gasteiger partial charge on any atom is -0.341 e. The summed E-state index contributed by atoms with van der Waals surface area (Å²) < 4.78 is 3.44. The summed E-state index contributed by atoms with van der Waals surface area (Å²) in [5.74, 6) is 0.0910. The molecule has 0 fully saturated rings. The van der Waals surface area contributed by atoms with Gasteiger partial charge in [-0.3, -0.25) is 9.48 Å². The summed E-state index contributed by atoms with van der Waals surface area (Å²) in [5, 5.41) is 5.17. The molecule has 1 aromatic carbocycles. The number of aromatic nitrogens is 4. The van der Waals surface area contributed by atoms with Crippen molar-refractivity contribution in [2.75, 3.05) is 0 Å². The number of carbonyl (C=O) groups excluding carboxylic acids is 1. The van der Waals surface area contributed by atoms with E-state index in [1.54, 1.807) is 7.05 Å². The van der Waals surface area contributed by atoms with E-state index in [2.05, 4.69) is 10.1 Å². The van der Waals surface area contributed by atoms with E-state index in [0.29, 0.717) is 5.69 Å². The molecule has 0 aliphatic rings. The van der Waals surface area contributed by atoms with E-state index in [0.717, 1.165) is 16.5 Å². The van der Waals surface area contributed by atoms with E-state index >= 15 is 0 Å². The maximum Gasteiger partial charge on any atom is 0.248 e. The van der Waals surface area contributed by atoms with Gasteiger partial charge in [0, 0.05) is 25.0 Å². The summed E-state index contributed by atoms with van der Waals surface area (Å²) in [4.78, 5) is 16.5. The molecule has 5 nitrogen and oxygen atoms in total. The van der Waals surface area contributed by atoms with Crippen molar-refractivity contribution in [2.24, 2.45) is 14.1 Å². The van der Waals surface area contributed by atoms with Gasteiger partial charge in [0.1, 0.15) is 6.33 Å². The van der Waals surface area contributed by atoms with Crippen molar-refractivity contribution < 1.29 is 4.79 Å². The number of hydrogen-bond acceptors (Lipinski definition) is 3. The Labute approximate surface area is 110 Å². The molecule has 0 aliphatic carbocycles. The van der Waals surface area contributed by atoms with E-state index in [9.17, 15) is 4.79 Å². The molecule has 3 aromatic rings. The van der Waals surface area contributed by atoms with Crippen LogP contribution in [0.2, 0.25) is 0 Å². The molecular formula is C14H14N4O.